The summed E-state index contributed by atoms with van der Waals surface area (Å²) in [6, 6.07) is 6.98. The highest BCUT2D eigenvalue weighted by Crippen LogP contribution is 2.32. The number of hydrogen-bond acceptors (Lipinski definition) is 2. The fraction of sp³-hybridized carbons (Fsp3) is 0.625. The van der Waals surface area contributed by atoms with Gasteiger partial charge in [-0.25, -0.2) is 4.39 Å². The van der Waals surface area contributed by atoms with Crippen LogP contribution in [0.15, 0.2) is 24.3 Å². The van der Waals surface area contributed by atoms with E-state index in [2.05, 4.69) is 26.1 Å². The Balaban J connectivity index is 2.13. The van der Waals surface area contributed by atoms with Crippen molar-refractivity contribution < 1.29 is 9.13 Å². The summed E-state index contributed by atoms with van der Waals surface area (Å²) in [4.78, 5) is 0. The number of para-hydroxylation sites is 1. The van der Waals surface area contributed by atoms with E-state index in [9.17, 15) is 4.39 Å². The molecule has 2 nitrogen and oxygen atoms in total. The van der Waals surface area contributed by atoms with E-state index in [0.717, 1.165) is 19.4 Å². The van der Waals surface area contributed by atoms with Gasteiger partial charge in [0.2, 0.25) is 0 Å². The van der Waals surface area contributed by atoms with Crippen LogP contribution in [0.3, 0.4) is 0 Å². The molecule has 1 aromatic rings. The lowest BCUT2D eigenvalue weighted by Gasteiger charge is -2.39. The summed E-state index contributed by atoms with van der Waals surface area (Å²) in [6.07, 6.45) is 2.28. The van der Waals surface area contributed by atoms with E-state index in [4.69, 9.17) is 4.74 Å². The van der Waals surface area contributed by atoms with E-state index >= 15 is 0 Å². The lowest BCUT2D eigenvalue weighted by atomic mass is 9.78. The Hall–Kier alpha value is -1.09. The smallest absolute Gasteiger partial charge is 0.165 e. The highest BCUT2D eigenvalue weighted by atomic mass is 19.1. The monoisotopic (exact) mass is 265 g/mol. The van der Waals surface area contributed by atoms with Crippen molar-refractivity contribution in [3.8, 4) is 5.75 Å². The van der Waals surface area contributed by atoms with Gasteiger partial charge in [-0.15, -0.1) is 0 Å². The van der Waals surface area contributed by atoms with Crippen LogP contribution in [0.5, 0.6) is 5.75 Å². The van der Waals surface area contributed by atoms with E-state index in [1.807, 2.05) is 6.07 Å². The zero-order valence-electron chi connectivity index (χ0n) is 12.0. The molecule has 3 heteroatoms. The number of ether oxygens (including phenoxy) is 1. The third-order valence-corrected chi connectivity index (χ3v) is 3.95. The molecule has 0 amide bonds. The molecule has 4 unspecified atom stereocenters. The second-order valence-corrected chi connectivity index (χ2v) is 5.73. The van der Waals surface area contributed by atoms with Gasteiger partial charge in [-0.2, -0.15) is 0 Å². The Morgan fingerprint density at radius 3 is 2.68 bits per heavy atom. The fourth-order valence-corrected chi connectivity index (χ4v) is 3.18. The average Bonchev–Trinajstić information content (AvgIpc) is 2.36. The molecule has 1 N–H and O–H groups in total. The first-order chi connectivity index (χ1) is 9.11. The number of benzene rings is 1. The minimum absolute atomic E-state index is 0.0491. The number of hydrogen-bond donors (Lipinski definition) is 1. The molecule has 0 aromatic heterocycles. The molecule has 0 saturated heterocycles. The van der Waals surface area contributed by atoms with Crippen LogP contribution in [-0.2, 0) is 0 Å². The maximum absolute atomic E-state index is 13.7. The summed E-state index contributed by atoms with van der Waals surface area (Å²) in [6.45, 7) is 7.50. The van der Waals surface area contributed by atoms with Crippen LogP contribution in [-0.4, -0.2) is 18.7 Å². The Kier molecular flexibility index (Phi) is 4.81. The predicted octanol–water partition coefficient (Wildman–Crippen LogP) is 3.62. The second kappa shape index (κ2) is 6.38. The molecule has 1 aliphatic carbocycles. The summed E-state index contributed by atoms with van der Waals surface area (Å²) < 4.78 is 19.7. The van der Waals surface area contributed by atoms with Crippen LogP contribution in [0, 0.1) is 17.7 Å². The quantitative estimate of drug-likeness (QED) is 0.898. The minimum atomic E-state index is -0.274. The van der Waals surface area contributed by atoms with Crippen LogP contribution in [0.4, 0.5) is 4.39 Å². The van der Waals surface area contributed by atoms with Gasteiger partial charge in [0.05, 0.1) is 0 Å². The molecule has 0 radical (unpaired) electrons. The van der Waals surface area contributed by atoms with Crippen molar-refractivity contribution in [2.75, 3.05) is 6.54 Å². The third-order valence-electron chi connectivity index (χ3n) is 3.95. The van der Waals surface area contributed by atoms with Gasteiger partial charge >= 0.3 is 0 Å². The van der Waals surface area contributed by atoms with Gasteiger partial charge in [-0.05, 0) is 43.4 Å². The number of rotatable bonds is 4. The van der Waals surface area contributed by atoms with Crippen molar-refractivity contribution in [3.05, 3.63) is 30.1 Å². The highest BCUT2D eigenvalue weighted by Gasteiger charge is 2.35. The first kappa shape index (κ1) is 14.3. The maximum atomic E-state index is 13.7. The lowest BCUT2D eigenvalue weighted by Crippen LogP contribution is -2.50. The van der Waals surface area contributed by atoms with Crippen LogP contribution in [0.1, 0.15) is 33.6 Å². The molecule has 0 spiro atoms. The van der Waals surface area contributed by atoms with E-state index in [0.29, 0.717) is 23.6 Å². The zero-order valence-corrected chi connectivity index (χ0v) is 12.0. The molecule has 0 heterocycles. The number of halogens is 1. The van der Waals surface area contributed by atoms with Crippen molar-refractivity contribution in [3.63, 3.8) is 0 Å². The fourth-order valence-electron chi connectivity index (χ4n) is 3.18. The first-order valence-corrected chi connectivity index (χ1v) is 7.26. The number of nitrogens with one attached hydrogen (secondary N) is 1. The molecular weight excluding hydrogens is 241 g/mol. The Morgan fingerprint density at radius 1 is 1.26 bits per heavy atom. The van der Waals surface area contributed by atoms with Gasteiger partial charge < -0.3 is 10.1 Å². The molecule has 0 bridgehead atoms. The van der Waals surface area contributed by atoms with Gasteiger partial charge in [0.25, 0.3) is 0 Å². The summed E-state index contributed by atoms with van der Waals surface area (Å²) in [5.41, 5.74) is 0. The topological polar surface area (TPSA) is 21.3 Å². The minimum Gasteiger partial charge on any atom is -0.485 e. The standard InChI is InChI=1S/C16H24FNO/c1-4-18-14-10-11(2)9-12(3)16(14)19-15-8-6-5-7-13(15)17/h5-8,11-12,14,16,18H,4,9-10H2,1-3H3. The Morgan fingerprint density at radius 2 is 2.00 bits per heavy atom. The van der Waals surface area contributed by atoms with Crippen molar-refractivity contribution >= 4 is 0 Å². The van der Waals surface area contributed by atoms with Gasteiger partial charge in [-0.3, -0.25) is 0 Å². The van der Waals surface area contributed by atoms with Crippen molar-refractivity contribution in [2.24, 2.45) is 11.8 Å². The first-order valence-electron chi connectivity index (χ1n) is 7.26. The van der Waals surface area contributed by atoms with Gasteiger partial charge in [0.1, 0.15) is 6.10 Å². The molecule has 1 aromatic carbocycles. The van der Waals surface area contributed by atoms with Crippen LogP contribution >= 0.6 is 0 Å². The average molecular weight is 265 g/mol. The van der Waals surface area contributed by atoms with Crippen molar-refractivity contribution in [2.45, 2.75) is 45.8 Å². The summed E-state index contributed by atoms with van der Waals surface area (Å²) in [5.74, 6) is 1.23. The molecular formula is C16H24FNO. The predicted molar refractivity (Wildman–Crippen MR) is 75.8 cm³/mol. The van der Waals surface area contributed by atoms with Gasteiger partial charge in [-0.1, -0.05) is 32.9 Å². The molecule has 1 fully saturated rings. The van der Waals surface area contributed by atoms with Gasteiger partial charge in [0, 0.05) is 6.04 Å². The molecule has 2 rings (SSSR count). The second-order valence-electron chi connectivity index (χ2n) is 5.73. The van der Waals surface area contributed by atoms with E-state index in [-0.39, 0.29) is 11.9 Å². The summed E-state index contributed by atoms with van der Waals surface area (Å²) >= 11 is 0. The number of likely N-dealkylation sites (N-methyl/N-ethyl adjacent to an activating group) is 1. The SMILES string of the molecule is CCNC1CC(C)CC(C)C1Oc1ccccc1F. The summed E-state index contributed by atoms with van der Waals surface area (Å²) in [5, 5.41) is 3.49. The maximum Gasteiger partial charge on any atom is 0.165 e. The van der Waals surface area contributed by atoms with Crippen molar-refractivity contribution in [1.29, 1.82) is 0 Å². The molecule has 106 valence electrons. The van der Waals surface area contributed by atoms with E-state index in [1.54, 1.807) is 12.1 Å². The molecule has 4 atom stereocenters. The normalized spacial score (nSPS) is 31.2. The zero-order chi connectivity index (χ0) is 13.8. The van der Waals surface area contributed by atoms with E-state index in [1.165, 1.54) is 6.07 Å². The Labute approximate surface area is 115 Å². The van der Waals surface area contributed by atoms with Crippen LogP contribution in [0.25, 0.3) is 0 Å². The molecule has 19 heavy (non-hydrogen) atoms. The third kappa shape index (κ3) is 3.47. The molecule has 0 aliphatic heterocycles. The molecule has 1 saturated carbocycles. The van der Waals surface area contributed by atoms with Crippen LogP contribution < -0.4 is 10.1 Å². The highest BCUT2D eigenvalue weighted by molar-refractivity contribution is 5.24. The van der Waals surface area contributed by atoms with E-state index < -0.39 is 0 Å². The Bertz CT molecular complexity index is 409. The molecule has 1 aliphatic rings. The largest absolute Gasteiger partial charge is 0.485 e. The van der Waals surface area contributed by atoms with Gasteiger partial charge in [0.15, 0.2) is 11.6 Å². The summed E-state index contributed by atoms with van der Waals surface area (Å²) in [7, 11) is 0. The van der Waals surface area contributed by atoms with Crippen molar-refractivity contribution in [1.82, 2.24) is 5.32 Å². The van der Waals surface area contributed by atoms with Crippen LogP contribution in [0.2, 0.25) is 0 Å². The lowest BCUT2D eigenvalue weighted by molar-refractivity contribution is 0.0454.